The van der Waals surface area contributed by atoms with E-state index in [9.17, 15) is 0 Å². The Morgan fingerprint density at radius 2 is 1.59 bits per heavy atom. The van der Waals surface area contributed by atoms with E-state index in [1.807, 2.05) is 42.5 Å². The third kappa shape index (κ3) is 5.27. The Balaban J connectivity index is 1.43. The first-order valence-electron chi connectivity index (χ1n) is 10.8. The number of benzene rings is 4. The molecular formula is C28H29N3O. The van der Waals surface area contributed by atoms with Crippen LogP contribution in [-0.2, 0) is 12.0 Å². The first-order valence-corrected chi connectivity index (χ1v) is 10.8. The standard InChI is InChI=1S/C28H29N3O/c1-28(2,3)22-14-16-23(17-15-22)30-27(29)31-24-11-7-12-25(18-24)32-19-21-10-6-9-20-8-4-5-13-26(20)21/h4-18H,19H2,1-3H3,(H3,29,30,31). The molecule has 0 saturated heterocycles. The smallest absolute Gasteiger partial charge is 0.198 e. The van der Waals surface area contributed by atoms with Crippen LogP contribution in [0.25, 0.3) is 10.8 Å². The Labute approximate surface area is 189 Å². The van der Waals surface area contributed by atoms with Crippen LogP contribution in [0.3, 0.4) is 0 Å². The molecule has 0 atom stereocenters. The van der Waals surface area contributed by atoms with Crippen LogP contribution in [0.5, 0.6) is 5.75 Å². The molecule has 0 heterocycles. The van der Waals surface area contributed by atoms with Gasteiger partial charge in [0.05, 0.1) is 5.69 Å². The maximum absolute atomic E-state index is 6.14. The molecule has 32 heavy (non-hydrogen) atoms. The van der Waals surface area contributed by atoms with Crippen LogP contribution in [-0.4, -0.2) is 5.96 Å². The molecule has 0 spiro atoms. The maximum Gasteiger partial charge on any atom is 0.198 e. The molecule has 4 aromatic rings. The molecule has 0 fully saturated rings. The molecule has 0 radical (unpaired) electrons. The fourth-order valence-corrected chi connectivity index (χ4v) is 3.59. The summed E-state index contributed by atoms with van der Waals surface area (Å²) in [5, 5.41) is 5.57. The summed E-state index contributed by atoms with van der Waals surface area (Å²) in [6.07, 6.45) is 0. The third-order valence-corrected chi connectivity index (χ3v) is 5.36. The van der Waals surface area contributed by atoms with Gasteiger partial charge >= 0.3 is 0 Å². The lowest BCUT2D eigenvalue weighted by atomic mass is 9.87. The summed E-state index contributed by atoms with van der Waals surface area (Å²) in [7, 11) is 0. The van der Waals surface area contributed by atoms with E-state index in [-0.39, 0.29) is 5.41 Å². The SMILES string of the molecule is CC(C)(C)c1ccc(N=C(N)Nc2cccc(OCc3cccc4ccccc34)c2)cc1. The quantitative estimate of drug-likeness (QED) is 0.275. The lowest BCUT2D eigenvalue weighted by molar-refractivity contribution is 0.308. The van der Waals surface area contributed by atoms with Gasteiger partial charge in [0.25, 0.3) is 0 Å². The number of anilines is 1. The van der Waals surface area contributed by atoms with Crippen molar-refractivity contribution >= 4 is 28.1 Å². The third-order valence-electron chi connectivity index (χ3n) is 5.36. The number of nitrogens with two attached hydrogens (primary N) is 1. The molecule has 0 unspecified atom stereocenters. The highest BCUT2D eigenvalue weighted by molar-refractivity contribution is 5.94. The van der Waals surface area contributed by atoms with Gasteiger partial charge in [0.1, 0.15) is 12.4 Å². The van der Waals surface area contributed by atoms with E-state index in [2.05, 4.69) is 79.6 Å². The molecule has 0 amide bonds. The van der Waals surface area contributed by atoms with Gasteiger partial charge in [-0.2, -0.15) is 0 Å². The molecule has 0 aliphatic rings. The summed E-state index contributed by atoms with van der Waals surface area (Å²) in [6.45, 7) is 7.07. The zero-order valence-electron chi connectivity index (χ0n) is 18.8. The van der Waals surface area contributed by atoms with E-state index >= 15 is 0 Å². The van der Waals surface area contributed by atoms with Crippen molar-refractivity contribution in [3.05, 3.63) is 102 Å². The molecule has 4 rings (SSSR count). The Morgan fingerprint density at radius 1 is 0.875 bits per heavy atom. The minimum absolute atomic E-state index is 0.110. The number of ether oxygens (including phenoxy) is 1. The van der Waals surface area contributed by atoms with Gasteiger partial charge < -0.3 is 15.8 Å². The van der Waals surface area contributed by atoms with E-state index in [1.54, 1.807) is 0 Å². The average Bonchev–Trinajstić information content (AvgIpc) is 2.77. The van der Waals surface area contributed by atoms with Crippen molar-refractivity contribution in [3.8, 4) is 5.75 Å². The Bertz CT molecular complexity index is 1230. The summed E-state index contributed by atoms with van der Waals surface area (Å²) in [6, 6.07) is 30.5. The second-order valence-electron chi connectivity index (χ2n) is 8.87. The molecule has 4 aromatic carbocycles. The van der Waals surface area contributed by atoms with Crippen molar-refractivity contribution in [3.63, 3.8) is 0 Å². The fourth-order valence-electron chi connectivity index (χ4n) is 3.59. The van der Waals surface area contributed by atoms with Crippen molar-refractivity contribution < 1.29 is 4.74 Å². The Hall–Kier alpha value is -3.79. The van der Waals surface area contributed by atoms with Gasteiger partial charge in [-0.15, -0.1) is 0 Å². The molecule has 4 heteroatoms. The molecule has 0 aliphatic carbocycles. The van der Waals surface area contributed by atoms with Gasteiger partial charge in [-0.3, -0.25) is 0 Å². The van der Waals surface area contributed by atoms with Crippen molar-refractivity contribution in [2.45, 2.75) is 32.8 Å². The molecule has 4 nitrogen and oxygen atoms in total. The second-order valence-corrected chi connectivity index (χ2v) is 8.87. The monoisotopic (exact) mass is 423 g/mol. The zero-order valence-corrected chi connectivity index (χ0v) is 18.8. The molecule has 0 aliphatic heterocycles. The number of nitrogens with zero attached hydrogens (tertiary/aromatic N) is 1. The Morgan fingerprint density at radius 3 is 2.38 bits per heavy atom. The fraction of sp³-hybridized carbons (Fsp3) is 0.179. The second kappa shape index (κ2) is 9.15. The number of hydrogen-bond donors (Lipinski definition) is 2. The van der Waals surface area contributed by atoms with E-state index < -0.39 is 0 Å². The van der Waals surface area contributed by atoms with E-state index in [0.29, 0.717) is 12.6 Å². The van der Waals surface area contributed by atoms with Crippen molar-refractivity contribution in [2.75, 3.05) is 5.32 Å². The van der Waals surface area contributed by atoms with Gasteiger partial charge in [-0.25, -0.2) is 4.99 Å². The molecule has 162 valence electrons. The lowest BCUT2D eigenvalue weighted by Crippen LogP contribution is -2.21. The molecule has 0 bridgehead atoms. The summed E-state index contributed by atoms with van der Waals surface area (Å²) in [5.74, 6) is 1.10. The highest BCUT2D eigenvalue weighted by atomic mass is 16.5. The minimum atomic E-state index is 0.110. The van der Waals surface area contributed by atoms with Crippen LogP contribution in [0.4, 0.5) is 11.4 Å². The summed E-state index contributed by atoms with van der Waals surface area (Å²) in [5.41, 5.74) is 10.3. The molecule has 0 aromatic heterocycles. The maximum atomic E-state index is 6.14. The minimum Gasteiger partial charge on any atom is -0.489 e. The first-order chi connectivity index (χ1) is 15.4. The van der Waals surface area contributed by atoms with Gasteiger partial charge in [-0.05, 0) is 51.6 Å². The van der Waals surface area contributed by atoms with Crippen LogP contribution in [0.2, 0.25) is 0 Å². The summed E-state index contributed by atoms with van der Waals surface area (Å²) in [4.78, 5) is 4.48. The van der Waals surface area contributed by atoms with Gasteiger partial charge in [0.15, 0.2) is 5.96 Å². The number of hydrogen-bond acceptors (Lipinski definition) is 2. The zero-order chi connectivity index (χ0) is 22.6. The summed E-state index contributed by atoms with van der Waals surface area (Å²) >= 11 is 0. The van der Waals surface area contributed by atoms with Crippen LogP contribution in [0.1, 0.15) is 31.9 Å². The number of nitrogens with one attached hydrogen (secondary N) is 1. The molecule has 3 N–H and O–H groups in total. The number of fused-ring (bicyclic) bond motifs is 1. The largest absolute Gasteiger partial charge is 0.489 e. The highest BCUT2D eigenvalue weighted by Crippen LogP contribution is 2.25. The number of guanidine groups is 1. The average molecular weight is 424 g/mol. The first kappa shape index (κ1) is 21.4. The summed E-state index contributed by atoms with van der Waals surface area (Å²) < 4.78 is 6.06. The molecular weight excluding hydrogens is 394 g/mol. The van der Waals surface area contributed by atoms with Crippen LogP contribution in [0.15, 0.2) is 96.0 Å². The lowest BCUT2D eigenvalue weighted by Gasteiger charge is -2.18. The van der Waals surface area contributed by atoms with E-state index in [0.717, 1.165) is 22.7 Å². The van der Waals surface area contributed by atoms with E-state index in [4.69, 9.17) is 10.5 Å². The van der Waals surface area contributed by atoms with Crippen LogP contribution < -0.4 is 15.8 Å². The number of rotatable bonds is 5. The van der Waals surface area contributed by atoms with Gasteiger partial charge in [0, 0.05) is 11.8 Å². The van der Waals surface area contributed by atoms with Crippen molar-refractivity contribution in [1.29, 1.82) is 0 Å². The topological polar surface area (TPSA) is 59.6 Å². The predicted molar refractivity (Wildman–Crippen MR) is 135 cm³/mol. The van der Waals surface area contributed by atoms with Crippen molar-refractivity contribution in [2.24, 2.45) is 10.7 Å². The predicted octanol–water partition coefficient (Wildman–Crippen LogP) is 6.77. The van der Waals surface area contributed by atoms with Gasteiger partial charge in [0.2, 0.25) is 0 Å². The normalized spacial score (nSPS) is 12.0. The van der Waals surface area contributed by atoms with Crippen LogP contribution in [0, 0.1) is 0 Å². The van der Waals surface area contributed by atoms with Crippen LogP contribution >= 0.6 is 0 Å². The van der Waals surface area contributed by atoms with Crippen molar-refractivity contribution in [1.82, 2.24) is 0 Å². The highest BCUT2D eigenvalue weighted by Gasteiger charge is 2.12. The molecule has 0 saturated carbocycles. The Kier molecular flexibility index (Phi) is 6.13. The van der Waals surface area contributed by atoms with Gasteiger partial charge in [-0.1, -0.05) is 81.4 Å². The number of aliphatic imine (C=N–C) groups is 1. The van der Waals surface area contributed by atoms with E-state index in [1.165, 1.54) is 16.3 Å².